The molecule has 0 aliphatic rings. The zero-order valence-electron chi connectivity index (χ0n) is 12.1. The molecule has 5 heteroatoms. The number of nitro benzene ring substituents is 1. The summed E-state index contributed by atoms with van der Waals surface area (Å²) in [6.07, 6.45) is 0. The Morgan fingerprint density at radius 1 is 1.24 bits per heavy atom. The summed E-state index contributed by atoms with van der Waals surface area (Å²) in [5, 5.41) is 14.2. The molecule has 0 amide bonds. The van der Waals surface area contributed by atoms with Crippen LogP contribution in [-0.2, 0) is 6.54 Å². The first kappa shape index (κ1) is 14.8. The van der Waals surface area contributed by atoms with Gasteiger partial charge in [-0.05, 0) is 37.1 Å². The molecular weight excluding hydrogens is 268 g/mol. The quantitative estimate of drug-likeness (QED) is 0.646. The summed E-state index contributed by atoms with van der Waals surface area (Å²) in [5.74, 6) is 0.802. The van der Waals surface area contributed by atoms with Crippen molar-refractivity contribution in [2.24, 2.45) is 0 Å². The normalized spacial score (nSPS) is 10.2. The highest BCUT2D eigenvalue weighted by atomic mass is 16.6. The van der Waals surface area contributed by atoms with E-state index in [4.69, 9.17) is 4.74 Å². The fourth-order valence-corrected chi connectivity index (χ4v) is 2.14. The van der Waals surface area contributed by atoms with E-state index in [-0.39, 0.29) is 10.6 Å². The monoisotopic (exact) mass is 286 g/mol. The van der Waals surface area contributed by atoms with Gasteiger partial charge in [-0.15, -0.1) is 0 Å². The Bertz CT molecular complexity index is 641. The van der Waals surface area contributed by atoms with E-state index in [0.717, 1.165) is 16.9 Å². The molecule has 0 spiro atoms. The van der Waals surface area contributed by atoms with Crippen LogP contribution in [0.3, 0.4) is 0 Å². The first-order valence-corrected chi connectivity index (χ1v) is 6.81. The molecule has 0 bridgehead atoms. The number of anilines is 1. The van der Waals surface area contributed by atoms with Crippen LogP contribution >= 0.6 is 0 Å². The topological polar surface area (TPSA) is 64.4 Å². The molecule has 0 aromatic heterocycles. The Balaban J connectivity index is 2.16. The van der Waals surface area contributed by atoms with Crippen molar-refractivity contribution >= 4 is 11.4 Å². The Hall–Kier alpha value is -2.56. The summed E-state index contributed by atoms with van der Waals surface area (Å²) >= 11 is 0. The van der Waals surface area contributed by atoms with Crippen LogP contribution in [0.15, 0.2) is 42.5 Å². The maximum absolute atomic E-state index is 11.1. The van der Waals surface area contributed by atoms with E-state index in [1.807, 2.05) is 44.2 Å². The standard InChI is InChI=1S/C16H18N2O3/c1-3-21-14-8-5-7-13(10-14)11-17-16-12(2)6-4-9-15(16)18(19)20/h4-10,17H,3,11H2,1-2H3. The first-order chi connectivity index (χ1) is 10.1. The smallest absolute Gasteiger partial charge is 0.292 e. The summed E-state index contributed by atoms with van der Waals surface area (Å²) < 4.78 is 5.45. The Labute approximate surface area is 123 Å². The van der Waals surface area contributed by atoms with Crippen molar-refractivity contribution in [1.82, 2.24) is 0 Å². The fraction of sp³-hybridized carbons (Fsp3) is 0.250. The van der Waals surface area contributed by atoms with E-state index in [9.17, 15) is 10.1 Å². The van der Waals surface area contributed by atoms with Gasteiger partial charge in [-0.1, -0.05) is 24.3 Å². The molecule has 2 rings (SSSR count). The van der Waals surface area contributed by atoms with Gasteiger partial charge in [0.15, 0.2) is 0 Å². The number of rotatable bonds is 6. The maximum atomic E-state index is 11.1. The van der Waals surface area contributed by atoms with Gasteiger partial charge in [0.1, 0.15) is 11.4 Å². The first-order valence-electron chi connectivity index (χ1n) is 6.81. The predicted molar refractivity (Wildman–Crippen MR) is 82.8 cm³/mol. The SMILES string of the molecule is CCOc1cccc(CNc2c(C)cccc2[N+](=O)[O-])c1. The summed E-state index contributed by atoms with van der Waals surface area (Å²) in [6.45, 7) is 4.90. The molecule has 21 heavy (non-hydrogen) atoms. The van der Waals surface area contributed by atoms with Gasteiger partial charge in [0.2, 0.25) is 0 Å². The van der Waals surface area contributed by atoms with E-state index in [0.29, 0.717) is 18.8 Å². The van der Waals surface area contributed by atoms with Gasteiger partial charge in [0.05, 0.1) is 11.5 Å². The third-order valence-corrected chi connectivity index (χ3v) is 3.13. The summed E-state index contributed by atoms with van der Waals surface area (Å²) in [5.41, 5.74) is 2.52. The predicted octanol–water partition coefficient (Wildman–Crippen LogP) is 3.91. The van der Waals surface area contributed by atoms with E-state index >= 15 is 0 Å². The fourth-order valence-electron chi connectivity index (χ4n) is 2.14. The van der Waals surface area contributed by atoms with Crippen molar-refractivity contribution in [1.29, 1.82) is 0 Å². The van der Waals surface area contributed by atoms with E-state index in [1.54, 1.807) is 6.07 Å². The lowest BCUT2D eigenvalue weighted by atomic mass is 10.1. The highest BCUT2D eigenvalue weighted by Gasteiger charge is 2.14. The second-order valence-corrected chi connectivity index (χ2v) is 4.66. The molecule has 0 heterocycles. The van der Waals surface area contributed by atoms with Gasteiger partial charge in [-0.2, -0.15) is 0 Å². The molecule has 0 aliphatic carbocycles. The van der Waals surface area contributed by atoms with E-state index < -0.39 is 0 Å². The molecule has 0 atom stereocenters. The van der Waals surface area contributed by atoms with Gasteiger partial charge in [0, 0.05) is 12.6 Å². The molecule has 2 aromatic rings. The lowest BCUT2D eigenvalue weighted by Gasteiger charge is -2.11. The van der Waals surface area contributed by atoms with Crippen LogP contribution < -0.4 is 10.1 Å². The van der Waals surface area contributed by atoms with Gasteiger partial charge in [-0.25, -0.2) is 0 Å². The van der Waals surface area contributed by atoms with E-state index in [1.165, 1.54) is 6.07 Å². The van der Waals surface area contributed by atoms with Crippen LogP contribution in [0.25, 0.3) is 0 Å². The van der Waals surface area contributed by atoms with Gasteiger partial charge >= 0.3 is 0 Å². The highest BCUT2D eigenvalue weighted by Crippen LogP contribution is 2.28. The number of benzene rings is 2. The Morgan fingerprint density at radius 2 is 2.00 bits per heavy atom. The maximum Gasteiger partial charge on any atom is 0.292 e. The van der Waals surface area contributed by atoms with Crippen molar-refractivity contribution in [3.8, 4) is 5.75 Å². The second-order valence-electron chi connectivity index (χ2n) is 4.66. The van der Waals surface area contributed by atoms with Crippen molar-refractivity contribution in [3.05, 3.63) is 63.7 Å². The lowest BCUT2D eigenvalue weighted by molar-refractivity contribution is -0.384. The number of hydrogen-bond acceptors (Lipinski definition) is 4. The number of aryl methyl sites for hydroxylation is 1. The second kappa shape index (κ2) is 6.74. The molecule has 0 saturated carbocycles. The number of nitro groups is 1. The number of ether oxygens (including phenoxy) is 1. The van der Waals surface area contributed by atoms with Gasteiger partial charge < -0.3 is 10.1 Å². The van der Waals surface area contributed by atoms with Crippen molar-refractivity contribution in [3.63, 3.8) is 0 Å². The minimum Gasteiger partial charge on any atom is -0.494 e. The highest BCUT2D eigenvalue weighted by molar-refractivity contribution is 5.66. The molecule has 110 valence electrons. The number of nitrogens with zero attached hydrogens (tertiary/aromatic N) is 1. The Morgan fingerprint density at radius 3 is 2.71 bits per heavy atom. The van der Waals surface area contributed by atoms with Crippen LogP contribution in [0.2, 0.25) is 0 Å². The molecule has 0 aliphatic heterocycles. The van der Waals surface area contributed by atoms with Gasteiger partial charge in [-0.3, -0.25) is 10.1 Å². The van der Waals surface area contributed by atoms with Crippen LogP contribution in [0, 0.1) is 17.0 Å². The number of para-hydroxylation sites is 1. The summed E-state index contributed by atoms with van der Waals surface area (Å²) in [7, 11) is 0. The third-order valence-electron chi connectivity index (χ3n) is 3.13. The third kappa shape index (κ3) is 3.72. The van der Waals surface area contributed by atoms with Crippen LogP contribution in [0.4, 0.5) is 11.4 Å². The minimum absolute atomic E-state index is 0.0935. The molecule has 0 unspecified atom stereocenters. The molecule has 5 nitrogen and oxygen atoms in total. The molecular formula is C16H18N2O3. The van der Waals surface area contributed by atoms with Crippen molar-refractivity contribution in [2.45, 2.75) is 20.4 Å². The van der Waals surface area contributed by atoms with Gasteiger partial charge in [0.25, 0.3) is 5.69 Å². The van der Waals surface area contributed by atoms with Crippen molar-refractivity contribution in [2.75, 3.05) is 11.9 Å². The van der Waals surface area contributed by atoms with E-state index in [2.05, 4.69) is 5.32 Å². The average molecular weight is 286 g/mol. The van der Waals surface area contributed by atoms with Crippen LogP contribution in [-0.4, -0.2) is 11.5 Å². The van der Waals surface area contributed by atoms with Crippen LogP contribution in [0.1, 0.15) is 18.1 Å². The number of nitrogens with one attached hydrogen (secondary N) is 1. The lowest BCUT2D eigenvalue weighted by Crippen LogP contribution is -2.04. The zero-order valence-corrected chi connectivity index (χ0v) is 12.1. The van der Waals surface area contributed by atoms with Crippen LogP contribution in [0.5, 0.6) is 5.75 Å². The largest absolute Gasteiger partial charge is 0.494 e. The summed E-state index contributed by atoms with van der Waals surface area (Å²) in [4.78, 5) is 10.7. The molecule has 0 radical (unpaired) electrons. The minimum atomic E-state index is -0.369. The molecule has 0 fully saturated rings. The zero-order chi connectivity index (χ0) is 15.2. The summed E-state index contributed by atoms with van der Waals surface area (Å²) in [6, 6.07) is 12.7. The molecule has 2 aromatic carbocycles. The Kier molecular flexibility index (Phi) is 4.77. The van der Waals surface area contributed by atoms with Crippen molar-refractivity contribution < 1.29 is 9.66 Å². The average Bonchev–Trinajstić information content (AvgIpc) is 2.46. The molecule has 1 N–H and O–H groups in total. The number of hydrogen-bond donors (Lipinski definition) is 1. The molecule has 0 saturated heterocycles.